The van der Waals surface area contributed by atoms with Crippen molar-refractivity contribution in [3.63, 3.8) is 0 Å². The highest BCUT2D eigenvalue weighted by Crippen LogP contribution is 2.16. The number of unbranched alkanes of at least 4 members (excludes halogenated alkanes) is 1. The minimum atomic E-state index is -0.853. The van der Waals surface area contributed by atoms with Crippen molar-refractivity contribution >= 4 is 17.7 Å². The summed E-state index contributed by atoms with van der Waals surface area (Å²) in [4.78, 5) is 23.8. The third-order valence-electron chi connectivity index (χ3n) is 4.49. The van der Waals surface area contributed by atoms with E-state index in [1.54, 1.807) is 19.2 Å². The molecule has 0 saturated carbocycles. The van der Waals surface area contributed by atoms with E-state index in [0.29, 0.717) is 31.0 Å². The van der Waals surface area contributed by atoms with Gasteiger partial charge in [-0.3, -0.25) is 5.32 Å². The average Bonchev–Trinajstić information content (AvgIpc) is 2.83. The lowest BCUT2D eigenvalue weighted by molar-refractivity contribution is 0.0258. The SMILES string of the molecule is CCCCOC(=O)Nc1ccc(C(=O)OCC(O)CNCCOc2ccc(OC)cc2)cc1. The number of aliphatic hydroxyl groups excluding tert-OH is 1. The maximum absolute atomic E-state index is 12.1. The Bertz CT molecular complexity index is 841. The molecule has 0 bridgehead atoms. The normalized spacial score (nSPS) is 11.4. The summed E-state index contributed by atoms with van der Waals surface area (Å²) in [5.74, 6) is 0.920. The highest BCUT2D eigenvalue weighted by atomic mass is 16.5. The number of carbonyl (C=O) groups is 2. The Hall–Kier alpha value is -3.30. The van der Waals surface area contributed by atoms with Crippen molar-refractivity contribution in [1.82, 2.24) is 5.32 Å². The molecule has 0 spiro atoms. The third kappa shape index (κ3) is 10.2. The van der Waals surface area contributed by atoms with Crippen molar-refractivity contribution in [3.05, 3.63) is 54.1 Å². The van der Waals surface area contributed by atoms with Crippen LogP contribution in [0.1, 0.15) is 30.1 Å². The molecule has 33 heavy (non-hydrogen) atoms. The van der Waals surface area contributed by atoms with Crippen LogP contribution in [0.5, 0.6) is 11.5 Å². The number of amides is 1. The first-order chi connectivity index (χ1) is 16.0. The fourth-order valence-corrected chi connectivity index (χ4v) is 2.65. The molecule has 1 unspecified atom stereocenters. The molecule has 2 aromatic rings. The molecule has 180 valence electrons. The zero-order valence-corrected chi connectivity index (χ0v) is 19.0. The Labute approximate surface area is 194 Å². The summed E-state index contributed by atoms with van der Waals surface area (Å²) in [7, 11) is 1.60. The van der Waals surface area contributed by atoms with Crippen LogP contribution in [0.3, 0.4) is 0 Å². The number of hydrogen-bond donors (Lipinski definition) is 3. The van der Waals surface area contributed by atoms with Gasteiger partial charge in [0.15, 0.2) is 0 Å². The molecule has 0 fully saturated rings. The number of hydrogen-bond acceptors (Lipinski definition) is 8. The van der Waals surface area contributed by atoms with Crippen LogP contribution in [-0.2, 0) is 9.47 Å². The van der Waals surface area contributed by atoms with Crippen molar-refractivity contribution in [2.24, 2.45) is 0 Å². The second kappa shape index (κ2) is 14.7. The van der Waals surface area contributed by atoms with Crippen molar-refractivity contribution < 1.29 is 33.6 Å². The minimum absolute atomic E-state index is 0.144. The van der Waals surface area contributed by atoms with Gasteiger partial charge in [-0.15, -0.1) is 0 Å². The van der Waals surface area contributed by atoms with Gasteiger partial charge < -0.3 is 29.4 Å². The van der Waals surface area contributed by atoms with E-state index in [2.05, 4.69) is 10.6 Å². The van der Waals surface area contributed by atoms with Crippen LogP contribution >= 0.6 is 0 Å². The van der Waals surface area contributed by atoms with Gasteiger partial charge in [0.2, 0.25) is 0 Å². The van der Waals surface area contributed by atoms with Gasteiger partial charge in [0.25, 0.3) is 0 Å². The highest BCUT2D eigenvalue weighted by Gasteiger charge is 2.11. The van der Waals surface area contributed by atoms with Crippen molar-refractivity contribution in [3.8, 4) is 11.5 Å². The number of methoxy groups -OCH3 is 1. The van der Waals surface area contributed by atoms with E-state index >= 15 is 0 Å². The van der Waals surface area contributed by atoms with E-state index in [-0.39, 0.29) is 13.2 Å². The second-order valence-corrected chi connectivity index (χ2v) is 7.17. The van der Waals surface area contributed by atoms with Gasteiger partial charge >= 0.3 is 12.1 Å². The number of ether oxygens (including phenoxy) is 4. The van der Waals surface area contributed by atoms with E-state index in [1.165, 1.54) is 12.1 Å². The van der Waals surface area contributed by atoms with Crippen LogP contribution in [0, 0.1) is 0 Å². The molecule has 2 rings (SSSR count). The molecule has 0 aromatic heterocycles. The van der Waals surface area contributed by atoms with Crippen LogP contribution in [0.4, 0.5) is 10.5 Å². The summed E-state index contributed by atoms with van der Waals surface area (Å²) < 4.78 is 20.8. The van der Waals surface area contributed by atoms with Gasteiger partial charge in [0.1, 0.15) is 30.8 Å². The monoisotopic (exact) mass is 460 g/mol. The first kappa shape index (κ1) is 26.0. The predicted molar refractivity (Wildman–Crippen MR) is 124 cm³/mol. The Balaban J connectivity index is 1.60. The van der Waals surface area contributed by atoms with Gasteiger partial charge in [0.05, 0.1) is 19.3 Å². The van der Waals surface area contributed by atoms with Gasteiger partial charge in [-0.1, -0.05) is 13.3 Å². The molecule has 0 heterocycles. The quantitative estimate of drug-likeness (QED) is 0.291. The number of carbonyl (C=O) groups excluding carboxylic acids is 2. The Kier molecular flexibility index (Phi) is 11.6. The average molecular weight is 461 g/mol. The lowest BCUT2D eigenvalue weighted by Crippen LogP contribution is -2.33. The molecule has 9 heteroatoms. The maximum atomic E-state index is 12.1. The number of anilines is 1. The van der Waals surface area contributed by atoms with Crippen LogP contribution in [0.15, 0.2) is 48.5 Å². The summed E-state index contributed by atoms with van der Waals surface area (Å²) in [6.45, 7) is 3.42. The van der Waals surface area contributed by atoms with Crippen LogP contribution in [0.2, 0.25) is 0 Å². The lowest BCUT2D eigenvalue weighted by atomic mass is 10.2. The molecule has 9 nitrogen and oxygen atoms in total. The molecule has 0 aliphatic carbocycles. The van der Waals surface area contributed by atoms with Gasteiger partial charge in [-0.05, 0) is 55.0 Å². The lowest BCUT2D eigenvalue weighted by Gasteiger charge is -2.13. The number of esters is 1. The fraction of sp³-hybridized carbons (Fsp3) is 0.417. The highest BCUT2D eigenvalue weighted by molar-refractivity contribution is 5.91. The molecule has 0 aliphatic rings. The summed E-state index contributed by atoms with van der Waals surface area (Å²) in [6.07, 6.45) is 0.350. The molecular weight excluding hydrogens is 428 g/mol. The van der Waals surface area contributed by atoms with Gasteiger partial charge in [0, 0.05) is 18.8 Å². The number of rotatable bonds is 14. The second-order valence-electron chi connectivity index (χ2n) is 7.17. The van der Waals surface area contributed by atoms with Crippen molar-refractivity contribution in [2.45, 2.75) is 25.9 Å². The minimum Gasteiger partial charge on any atom is -0.497 e. The molecule has 0 radical (unpaired) electrons. The van der Waals surface area contributed by atoms with Crippen LogP contribution in [0.25, 0.3) is 0 Å². The van der Waals surface area contributed by atoms with E-state index in [9.17, 15) is 14.7 Å². The zero-order valence-electron chi connectivity index (χ0n) is 19.0. The molecule has 3 N–H and O–H groups in total. The molecule has 0 aliphatic heterocycles. The summed E-state index contributed by atoms with van der Waals surface area (Å²) in [6, 6.07) is 13.5. The first-order valence-corrected chi connectivity index (χ1v) is 10.9. The largest absolute Gasteiger partial charge is 0.497 e. The van der Waals surface area contributed by atoms with E-state index in [1.807, 2.05) is 31.2 Å². The smallest absolute Gasteiger partial charge is 0.411 e. The number of aliphatic hydroxyl groups is 1. The zero-order chi connectivity index (χ0) is 23.9. The number of benzene rings is 2. The topological polar surface area (TPSA) is 115 Å². The molecule has 1 atom stereocenters. The summed E-state index contributed by atoms with van der Waals surface area (Å²) in [5, 5.41) is 15.6. The van der Waals surface area contributed by atoms with Crippen LogP contribution in [-0.4, -0.2) is 63.3 Å². The third-order valence-corrected chi connectivity index (χ3v) is 4.49. The molecule has 0 saturated heterocycles. The Morgan fingerprint density at radius 2 is 1.67 bits per heavy atom. The first-order valence-electron chi connectivity index (χ1n) is 10.9. The predicted octanol–water partition coefficient (Wildman–Crippen LogP) is 3.23. The molecule has 2 aromatic carbocycles. The Morgan fingerprint density at radius 3 is 2.33 bits per heavy atom. The van der Waals surface area contributed by atoms with E-state index in [0.717, 1.165) is 24.3 Å². The van der Waals surface area contributed by atoms with Crippen molar-refractivity contribution in [1.29, 1.82) is 0 Å². The van der Waals surface area contributed by atoms with E-state index < -0.39 is 18.2 Å². The summed E-state index contributed by atoms with van der Waals surface area (Å²) >= 11 is 0. The van der Waals surface area contributed by atoms with Gasteiger partial charge in [-0.2, -0.15) is 0 Å². The van der Waals surface area contributed by atoms with Gasteiger partial charge in [-0.25, -0.2) is 9.59 Å². The van der Waals surface area contributed by atoms with E-state index in [4.69, 9.17) is 18.9 Å². The van der Waals surface area contributed by atoms with Crippen LogP contribution < -0.4 is 20.1 Å². The standard InChI is InChI=1S/C24H32N2O7/c1-3-4-14-32-24(29)26-19-7-5-18(6-8-19)23(28)33-17-20(27)16-25-13-15-31-22-11-9-21(30-2)10-12-22/h5-12,20,25,27H,3-4,13-17H2,1-2H3,(H,26,29). The number of nitrogens with one attached hydrogen (secondary N) is 2. The maximum Gasteiger partial charge on any atom is 0.411 e. The fourth-order valence-electron chi connectivity index (χ4n) is 2.65. The van der Waals surface area contributed by atoms with Crippen molar-refractivity contribution in [2.75, 3.05) is 45.3 Å². The molecular formula is C24H32N2O7. The summed E-state index contributed by atoms with van der Waals surface area (Å²) in [5.41, 5.74) is 0.821. The Morgan fingerprint density at radius 1 is 0.970 bits per heavy atom. The molecule has 1 amide bonds.